The highest BCUT2D eigenvalue weighted by molar-refractivity contribution is 6.31. The van der Waals surface area contributed by atoms with Crippen molar-refractivity contribution >= 4 is 22.5 Å². The smallest absolute Gasteiger partial charge is 0.252 e. The summed E-state index contributed by atoms with van der Waals surface area (Å²) in [5.41, 5.74) is 1.52. The molecule has 1 N–H and O–H groups in total. The van der Waals surface area contributed by atoms with Crippen LogP contribution in [0.25, 0.3) is 10.9 Å². The molecule has 4 nitrogen and oxygen atoms in total. The lowest BCUT2D eigenvalue weighted by atomic mass is 10.1. The highest BCUT2D eigenvalue weighted by Crippen LogP contribution is 2.18. The van der Waals surface area contributed by atoms with Gasteiger partial charge in [0.15, 0.2) is 0 Å². The maximum Gasteiger partial charge on any atom is 0.252 e. The minimum Gasteiger partial charge on any atom is -0.378 e. The first-order chi connectivity index (χ1) is 11.1. The van der Waals surface area contributed by atoms with Crippen LogP contribution in [-0.4, -0.2) is 36.2 Å². The molecule has 0 saturated carbocycles. The molecule has 0 radical (unpaired) electrons. The Bertz CT molecular complexity index is 723. The molecule has 23 heavy (non-hydrogen) atoms. The largest absolute Gasteiger partial charge is 0.378 e. The molecule has 1 aromatic carbocycles. The number of nitrogens with one attached hydrogen (secondary N) is 1. The minimum atomic E-state index is -0.0412. The summed E-state index contributed by atoms with van der Waals surface area (Å²) in [4.78, 5) is 17.3. The van der Waals surface area contributed by atoms with E-state index in [9.17, 15) is 4.79 Å². The van der Waals surface area contributed by atoms with Gasteiger partial charge in [-0.05, 0) is 56.3 Å². The number of fused-ring (bicyclic) bond motifs is 1. The van der Waals surface area contributed by atoms with Gasteiger partial charge in [0.25, 0.3) is 5.56 Å². The highest BCUT2D eigenvalue weighted by atomic mass is 35.5. The Labute approximate surface area is 141 Å². The molecule has 1 atom stereocenters. The van der Waals surface area contributed by atoms with E-state index in [0.29, 0.717) is 17.7 Å². The van der Waals surface area contributed by atoms with E-state index in [1.54, 1.807) is 6.07 Å². The number of H-pyrrole nitrogens is 1. The SMILES string of the molecule is CN(CCC1CCCCO1)Cc1cc2ccc(Cl)cc2[nH]c1=O. The fraction of sp³-hybridized carbons (Fsp3) is 0.500. The van der Waals surface area contributed by atoms with E-state index in [1.807, 2.05) is 25.2 Å². The predicted molar refractivity (Wildman–Crippen MR) is 94.1 cm³/mol. The van der Waals surface area contributed by atoms with Crippen molar-refractivity contribution in [1.82, 2.24) is 9.88 Å². The summed E-state index contributed by atoms with van der Waals surface area (Å²) in [6, 6.07) is 7.52. The van der Waals surface area contributed by atoms with Crippen LogP contribution in [0.1, 0.15) is 31.2 Å². The van der Waals surface area contributed by atoms with Crippen LogP contribution >= 0.6 is 11.6 Å². The molecular formula is C18H23ClN2O2. The number of rotatable bonds is 5. The quantitative estimate of drug-likeness (QED) is 0.909. The molecule has 1 aromatic heterocycles. The Balaban J connectivity index is 1.64. The van der Waals surface area contributed by atoms with E-state index < -0.39 is 0 Å². The van der Waals surface area contributed by atoms with Crippen molar-refractivity contribution in [2.45, 2.75) is 38.3 Å². The second-order valence-electron chi connectivity index (χ2n) is 6.37. The lowest BCUT2D eigenvalue weighted by molar-refractivity contribution is 0.00640. The van der Waals surface area contributed by atoms with Crippen LogP contribution in [0.15, 0.2) is 29.1 Å². The van der Waals surface area contributed by atoms with Gasteiger partial charge in [-0.1, -0.05) is 17.7 Å². The van der Waals surface area contributed by atoms with Crippen molar-refractivity contribution < 1.29 is 4.74 Å². The Morgan fingerprint density at radius 3 is 3.00 bits per heavy atom. The van der Waals surface area contributed by atoms with E-state index >= 15 is 0 Å². The minimum absolute atomic E-state index is 0.0412. The van der Waals surface area contributed by atoms with Gasteiger partial charge >= 0.3 is 0 Å². The number of nitrogens with zero attached hydrogens (tertiary/aromatic N) is 1. The van der Waals surface area contributed by atoms with Crippen molar-refractivity contribution in [1.29, 1.82) is 0 Å². The van der Waals surface area contributed by atoms with Crippen molar-refractivity contribution in [3.05, 3.63) is 45.2 Å². The third-order valence-electron chi connectivity index (χ3n) is 4.43. The molecule has 0 aliphatic carbocycles. The summed E-state index contributed by atoms with van der Waals surface area (Å²) in [7, 11) is 2.05. The second-order valence-corrected chi connectivity index (χ2v) is 6.81. The zero-order valence-electron chi connectivity index (χ0n) is 13.5. The molecule has 1 aliphatic heterocycles. The van der Waals surface area contributed by atoms with Gasteiger partial charge in [0.05, 0.1) is 6.10 Å². The predicted octanol–water partition coefficient (Wildman–Crippen LogP) is 3.57. The number of ether oxygens (including phenoxy) is 1. The van der Waals surface area contributed by atoms with Gasteiger partial charge in [-0.15, -0.1) is 0 Å². The van der Waals surface area contributed by atoms with Crippen LogP contribution in [-0.2, 0) is 11.3 Å². The lowest BCUT2D eigenvalue weighted by Crippen LogP contribution is -2.28. The maximum atomic E-state index is 12.2. The molecule has 1 saturated heterocycles. The van der Waals surface area contributed by atoms with Gasteiger partial charge in [-0.3, -0.25) is 4.79 Å². The van der Waals surface area contributed by atoms with Crippen LogP contribution in [0, 0.1) is 0 Å². The van der Waals surface area contributed by atoms with Crippen LogP contribution in [0.3, 0.4) is 0 Å². The second kappa shape index (κ2) is 7.47. The monoisotopic (exact) mass is 334 g/mol. The molecule has 0 amide bonds. The number of hydrogen-bond donors (Lipinski definition) is 1. The number of pyridine rings is 1. The molecule has 124 valence electrons. The molecule has 1 fully saturated rings. The van der Waals surface area contributed by atoms with Crippen LogP contribution < -0.4 is 5.56 Å². The maximum absolute atomic E-state index is 12.2. The van der Waals surface area contributed by atoms with Gasteiger partial charge in [0.2, 0.25) is 0 Å². The first-order valence-electron chi connectivity index (χ1n) is 8.23. The van der Waals surface area contributed by atoms with E-state index in [-0.39, 0.29) is 5.56 Å². The van der Waals surface area contributed by atoms with Crippen molar-refractivity contribution in [2.24, 2.45) is 0 Å². The first-order valence-corrected chi connectivity index (χ1v) is 8.61. The molecule has 3 rings (SSSR count). The summed E-state index contributed by atoms with van der Waals surface area (Å²) in [6.07, 6.45) is 5.01. The molecule has 1 unspecified atom stereocenters. The molecule has 2 heterocycles. The summed E-state index contributed by atoms with van der Waals surface area (Å²) in [5, 5.41) is 1.64. The number of hydrogen-bond acceptors (Lipinski definition) is 3. The van der Waals surface area contributed by atoms with Crippen molar-refractivity contribution in [3.63, 3.8) is 0 Å². The van der Waals surface area contributed by atoms with Crippen molar-refractivity contribution in [2.75, 3.05) is 20.2 Å². The zero-order chi connectivity index (χ0) is 16.2. The fourth-order valence-corrected chi connectivity index (χ4v) is 3.28. The Hall–Kier alpha value is -1.36. The Morgan fingerprint density at radius 2 is 2.22 bits per heavy atom. The van der Waals surface area contributed by atoms with Gasteiger partial charge in [-0.25, -0.2) is 0 Å². The summed E-state index contributed by atoms with van der Waals surface area (Å²) < 4.78 is 5.76. The molecular weight excluding hydrogens is 312 g/mol. The van der Waals surface area contributed by atoms with E-state index in [0.717, 1.165) is 42.5 Å². The van der Waals surface area contributed by atoms with Gasteiger partial charge in [0.1, 0.15) is 0 Å². The third-order valence-corrected chi connectivity index (χ3v) is 4.67. The number of benzene rings is 1. The highest BCUT2D eigenvalue weighted by Gasteiger charge is 2.15. The molecule has 5 heteroatoms. The lowest BCUT2D eigenvalue weighted by Gasteiger charge is -2.25. The van der Waals surface area contributed by atoms with Crippen molar-refractivity contribution in [3.8, 4) is 0 Å². The average molecular weight is 335 g/mol. The van der Waals surface area contributed by atoms with Crippen LogP contribution in [0.4, 0.5) is 0 Å². The number of halogens is 1. The standard InChI is InChI=1S/C18H23ClN2O2/c1-21(8-7-16-4-2-3-9-23-16)12-14-10-13-5-6-15(19)11-17(13)20-18(14)22/h5-6,10-11,16H,2-4,7-9,12H2,1H3,(H,20,22). The van der Waals surface area contributed by atoms with Gasteiger partial charge in [-0.2, -0.15) is 0 Å². The topological polar surface area (TPSA) is 45.3 Å². The Kier molecular flexibility index (Phi) is 5.36. The summed E-state index contributed by atoms with van der Waals surface area (Å²) >= 11 is 5.97. The van der Waals surface area contributed by atoms with E-state index in [4.69, 9.17) is 16.3 Å². The normalized spacial score (nSPS) is 18.7. The molecule has 0 spiro atoms. The summed E-state index contributed by atoms with van der Waals surface area (Å²) in [6.45, 7) is 2.46. The van der Waals surface area contributed by atoms with Crippen LogP contribution in [0.2, 0.25) is 5.02 Å². The third kappa shape index (κ3) is 4.34. The van der Waals surface area contributed by atoms with E-state index in [1.165, 1.54) is 12.8 Å². The van der Waals surface area contributed by atoms with Gasteiger partial charge < -0.3 is 14.6 Å². The van der Waals surface area contributed by atoms with E-state index in [2.05, 4.69) is 9.88 Å². The number of aromatic nitrogens is 1. The molecule has 0 bridgehead atoms. The molecule has 1 aliphatic rings. The average Bonchev–Trinajstić information content (AvgIpc) is 2.55. The first kappa shape index (κ1) is 16.5. The zero-order valence-corrected chi connectivity index (χ0v) is 14.2. The fourth-order valence-electron chi connectivity index (χ4n) is 3.11. The molecule has 2 aromatic rings. The number of aromatic amines is 1. The Morgan fingerprint density at radius 1 is 1.35 bits per heavy atom. The van der Waals surface area contributed by atoms with Gasteiger partial charge in [0, 0.05) is 35.8 Å². The van der Waals surface area contributed by atoms with Crippen LogP contribution in [0.5, 0.6) is 0 Å². The summed E-state index contributed by atoms with van der Waals surface area (Å²) in [5.74, 6) is 0.